The number of H-pyrrole nitrogens is 1. The molecule has 128 valence electrons. The molecule has 25 heavy (non-hydrogen) atoms. The summed E-state index contributed by atoms with van der Waals surface area (Å²) in [7, 11) is 0. The smallest absolute Gasteiger partial charge is 0.317 e. The maximum absolute atomic E-state index is 12.9. The van der Waals surface area contributed by atoms with Gasteiger partial charge in [-0.25, -0.2) is 18.7 Å². The molecule has 1 aromatic carbocycles. The van der Waals surface area contributed by atoms with Crippen LogP contribution in [-0.4, -0.2) is 32.1 Å². The highest BCUT2D eigenvalue weighted by molar-refractivity contribution is 5.74. The van der Waals surface area contributed by atoms with Crippen molar-refractivity contribution in [3.05, 3.63) is 69.5 Å². The number of nitrogens with zero attached hydrogens (tertiary/aromatic N) is 3. The molecule has 0 aliphatic carbocycles. The Balaban J connectivity index is 1.48. The van der Waals surface area contributed by atoms with Crippen LogP contribution in [0.2, 0.25) is 0 Å². The maximum Gasteiger partial charge on any atom is 0.317 e. The largest absolute Gasteiger partial charge is 0.334 e. The molecule has 2 N–H and O–H groups in total. The summed E-state index contributed by atoms with van der Waals surface area (Å²) < 4.78 is 14.3. The van der Waals surface area contributed by atoms with E-state index in [9.17, 15) is 14.0 Å². The molecule has 1 aliphatic rings. The Labute approximate surface area is 142 Å². The van der Waals surface area contributed by atoms with Crippen LogP contribution in [-0.2, 0) is 19.5 Å². The Morgan fingerprint density at radius 2 is 2.08 bits per heavy atom. The number of benzene rings is 1. The molecule has 4 rings (SSSR count). The van der Waals surface area contributed by atoms with E-state index >= 15 is 0 Å². The summed E-state index contributed by atoms with van der Waals surface area (Å²) in [5.41, 5.74) is 2.48. The number of nitrogens with one attached hydrogen (secondary N) is 2. The molecule has 0 saturated heterocycles. The Kier molecular flexibility index (Phi) is 3.72. The molecule has 1 aliphatic heterocycles. The van der Waals surface area contributed by atoms with E-state index in [-0.39, 0.29) is 24.0 Å². The first kappa shape index (κ1) is 15.4. The molecule has 0 bridgehead atoms. The van der Waals surface area contributed by atoms with Crippen molar-refractivity contribution in [3.8, 4) is 0 Å². The van der Waals surface area contributed by atoms with Crippen molar-refractivity contribution in [3.63, 3.8) is 0 Å². The van der Waals surface area contributed by atoms with Crippen molar-refractivity contribution in [2.24, 2.45) is 0 Å². The van der Waals surface area contributed by atoms with E-state index in [1.165, 1.54) is 16.6 Å². The number of amides is 2. The van der Waals surface area contributed by atoms with Gasteiger partial charge in [-0.2, -0.15) is 0 Å². The molecule has 0 saturated carbocycles. The van der Waals surface area contributed by atoms with Crippen molar-refractivity contribution in [1.82, 2.24) is 24.8 Å². The molecule has 8 heteroatoms. The lowest BCUT2D eigenvalue weighted by molar-refractivity contribution is 0.191. The van der Waals surface area contributed by atoms with E-state index in [4.69, 9.17) is 0 Å². The van der Waals surface area contributed by atoms with Gasteiger partial charge in [-0.3, -0.25) is 9.89 Å². The quantitative estimate of drug-likeness (QED) is 0.740. The fourth-order valence-corrected chi connectivity index (χ4v) is 2.98. The standard InChI is InChI=1S/C17H16FN5O2/c18-12-3-1-11(2-4-12)9-19-17(25)22-8-6-14-13(10-22)16(24)23-15(21-14)5-7-20-23/h1-5,7,20H,6,8-10H2,(H,19,25). The number of fused-ring (bicyclic) bond motifs is 2. The van der Waals surface area contributed by atoms with E-state index in [1.807, 2.05) is 0 Å². The minimum absolute atomic E-state index is 0.180. The molecular weight excluding hydrogens is 325 g/mol. The Morgan fingerprint density at radius 1 is 1.28 bits per heavy atom. The first-order valence-electron chi connectivity index (χ1n) is 7.97. The van der Waals surface area contributed by atoms with Crippen LogP contribution in [0.5, 0.6) is 0 Å². The highest BCUT2D eigenvalue weighted by atomic mass is 19.1. The molecular formula is C17H16FN5O2. The second-order valence-corrected chi connectivity index (χ2v) is 5.95. The lowest BCUT2D eigenvalue weighted by Gasteiger charge is -2.27. The summed E-state index contributed by atoms with van der Waals surface area (Å²) in [6.07, 6.45) is 2.19. The highest BCUT2D eigenvalue weighted by Gasteiger charge is 2.25. The minimum atomic E-state index is -0.314. The zero-order valence-electron chi connectivity index (χ0n) is 13.3. The summed E-state index contributed by atoms with van der Waals surface area (Å²) in [5, 5.41) is 5.62. The molecule has 0 radical (unpaired) electrons. The number of rotatable bonds is 2. The topological polar surface area (TPSA) is 82.5 Å². The van der Waals surface area contributed by atoms with Gasteiger partial charge >= 0.3 is 6.03 Å². The van der Waals surface area contributed by atoms with Gasteiger partial charge < -0.3 is 10.2 Å². The van der Waals surface area contributed by atoms with Crippen LogP contribution in [0.25, 0.3) is 5.65 Å². The number of carbonyl (C=O) groups excluding carboxylic acids is 1. The number of halogens is 1. The van der Waals surface area contributed by atoms with E-state index < -0.39 is 0 Å². The Bertz CT molecular complexity index is 992. The van der Waals surface area contributed by atoms with Crippen molar-refractivity contribution in [2.45, 2.75) is 19.5 Å². The van der Waals surface area contributed by atoms with E-state index in [1.54, 1.807) is 29.3 Å². The summed E-state index contributed by atoms with van der Waals surface area (Å²) in [4.78, 5) is 30.9. The van der Waals surface area contributed by atoms with Gasteiger partial charge in [-0.15, -0.1) is 0 Å². The number of aromatic nitrogens is 3. The summed E-state index contributed by atoms with van der Waals surface area (Å²) in [6.45, 7) is 1.02. The molecule has 0 atom stereocenters. The van der Waals surface area contributed by atoms with Gasteiger partial charge in [-0.1, -0.05) is 12.1 Å². The van der Waals surface area contributed by atoms with E-state index in [0.717, 1.165) is 11.3 Å². The average molecular weight is 341 g/mol. The number of urea groups is 1. The van der Waals surface area contributed by atoms with Gasteiger partial charge in [0, 0.05) is 31.8 Å². The third-order valence-corrected chi connectivity index (χ3v) is 4.34. The van der Waals surface area contributed by atoms with Gasteiger partial charge in [0.2, 0.25) is 0 Å². The van der Waals surface area contributed by atoms with Crippen molar-refractivity contribution in [1.29, 1.82) is 0 Å². The van der Waals surface area contributed by atoms with Crippen molar-refractivity contribution < 1.29 is 9.18 Å². The Morgan fingerprint density at radius 3 is 2.88 bits per heavy atom. The van der Waals surface area contributed by atoms with Crippen molar-refractivity contribution in [2.75, 3.05) is 6.54 Å². The minimum Gasteiger partial charge on any atom is -0.334 e. The third-order valence-electron chi connectivity index (χ3n) is 4.34. The predicted octanol–water partition coefficient (Wildman–Crippen LogP) is 1.43. The van der Waals surface area contributed by atoms with Gasteiger partial charge in [0.05, 0.1) is 17.8 Å². The number of hydrogen-bond donors (Lipinski definition) is 2. The molecule has 2 amide bonds. The molecule has 0 spiro atoms. The first-order valence-corrected chi connectivity index (χ1v) is 7.97. The number of carbonyl (C=O) groups is 1. The van der Waals surface area contributed by atoms with Crippen LogP contribution in [0, 0.1) is 5.82 Å². The fraction of sp³-hybridized carbons (Fsp3) is 0.235. The average Bonchev–Trinajstić information content (AvgIpc) is 3.10. The van der Waals surface area contributed by atoms with Crippen LogP contribution < -0.4 is 10.9 Å². The van der Waals surface area contributed by atoms with Gasteiger partial charge in [-0.05, 0) is 17.7 Å². The number of hydrogen-bond acceptors (Lipinski definition) is 3. The van der Waals surface area contributed by atoms with Gasteiger partial charge in [0.15, 0.2) is 5.65 Å². The molecule has 0 unspecified atom stereocenters. The maximum atomic E-state index is 12.9. The van der Waals surface area contributed by atoms with Crippen LogP contribution in [0.1, 0.15) is 16.8 Å². The molecule has 3 heterocycles. The van der Waals surface area contributed by atoms with Gasteiger partial charge in [0.1, 0.15) is 5.82 Å². The van der Waals surface area contributed by atoms with E-state index in [2.05, 4.69) is 15.4 Å². The monoisotopic (exact) mass is 341 g/mol. The zero-order valence-corrected chi connectivity index (χ0v) is 13.3. The summed E-state index contributed by atoms with van der Waals surface area (Å²) in [5.74, 6) is -0.314. The second kappa shape index (κ2) is 6.04. The molecule has 0 fully saturated rings. The van der Waals surface area contributed by atoms with Gasteiger partial charge in [0.25, 0.3) is 5.56 Å². The molecule has 3 aromatic rings. The second-order valence-electron chi connectivity index (χ2n) is 5.95. The van der Waals surface area contributed by atoms with Crippen molar-refractivity contribution >= 4 is 11.7 Å². The lowest BCUT2D eigenvalue weighted by Crippen LogP contribution is -2.44. The fourth-order valence-electron chi connectivity index (χ4n) is 2.98. The zero-order chi connectivity index (χ0) is 17.4. The Hall–Kier alpha value is -3.16. The highest BCUT2D eigenvalue weighted by Crippen LogP contribution is 2.15. The van der Waals surface area contributed by atoms with Crippen LogP contribution in [0.15, 0.2) is 41.3 Å². The van der Waals surface area contributed by atoms with Crippen LogP contribution in [0.3, 0.4) is 0 Å². The SMILES string of the molecule is O=C(NCc1ccc(F)cc1)N1CCc2nc3cc[nH]n3c(=O)c2C1. The molecule has 2 aromatic heterocycles. The normalized spacial score (nSPS) is 13.7. The summed E-state index contributed by atoms with van der Waals surface area (Å²) in [6, 6.07) is 7.44. The predicted molar refractivity (Wildman–Crippen MR) is 88.6 cm³/mol. The third kappa shape index (κ3) is 2.86. The molecule has 7 nitrogen and oxygen atoms in total. The summed E-state index contributed by atoms with van der Waals surface area (Å²) >= 11 is 0. The lowest BCUT2D eigenvalue weighted by atomic mass is 10.1. The van der Waals surface area contributed by atoms with Crippen LogP contribution in [0.4, 0.5) is 9.18 Å². The van der Waals surface area contributed by atoms with E-state index in [0.29, 0.717) is 30.7 Å². The number of aromatic amines is 1. The van der Waals surface area contributed by atoms with Crippen LogP contribution >= 0.6 is 0 Å². The first-order chi connectivity index (χ1) is 12.1.